The molecule has 1 aliphatic rings. The molecule has 0 aliphatic carbocycles. The van der Waals surface area contributed by atoms with Gasteiger partial charge >= 0.3 is 18.0 Å². The Labute approximate surface area is 249 Å². The van der Waals surface area contributed by atoms with Crippen LogP contribution < -0.4 is 10.1 Å². The lowest BCUT2D eigenvalue weighted by Gasteiger charge is -2.36. The molecule has 14 heteroatoms. The molecule has 0 spiro atoms. The molecular formula is C29H39N5O9. The summed E-state index contributed by atoms with van der Waals surface area (Å²) >= 11 is 0. The molecule has 234 valence electrons. The molecule has 2 N–H and O–H groups in total. The number of rotatable bonds is 11. The van der Waals surface area contributed by atoms with Crippen LogP contribution in [-0.4, -0.2) is 105 Å². The van der Waals surface area contributed by atoms with E-state index in [4.69, 9.17) is 14.2 Å². The van der Waals surface area contributed by atoms with E-state index in [1.165, 1.54) is 27.5 Å². The number of piperazine rings is 1. The lowest BCUT2D eigenvalue weighted by Crippen LogP contribution is -2.56. The molecule has 1 aromatic heterocycles. The van der Waals surface area contributed by atoms with Gasteiger partial charge in [-0.2, -0.15) is 5.10 Å². The van der Waals surface area contributed by atoms with Gasteiger partial charge < -0.3 is 34.4 Å². The standard InChI is InChI=1S/C29H39N5O9/c1-6-41-28(40)33-16-14-32(15-17-33)26(37)21(12-13-24(35)43-29(3,4)5)30-25(36)22-18-23(42-19(2)27(38)39)34(31-22)20-10-8-7-9-11-20/h7-11,18-19,21H,6,12-17H2,1-5H3,(H,30,36)(H,38,39)/t19-,21?/m1/s1. The number of nitrogens with one attached hydrogen (secondary N) is 1. The van der Waals surface area contributed by atoms with Gasteiger partial charge in [0.1, 0.15) is 11.6 Å². The number of carbonyl (C=O) groups excluding carboxylic acids is 4. The number of aromatic nitrogens is 2. The van der Waals surface area contributed by atoms with Crippen molar-refractivity contribution >= 4 is 29.8 Å². The number of hydrogen-bond donors (Lipinski definition) is 2. The fourth-order valence-corrected chi connectivity index (χ4v) is 4.23. The molecule has 2 atom stereocenters. The van der Waals surface area contributed by atoms with E-state index in [0.29, 0.717) is 5.69 Å². The Bertz CT molecular complexity index is 1300. The fraction of sp³-hybridized carbons (Fsp3) is 0.517. The summed E-state index contributed by atoms with van der Waals surface area (Å²) in [6, 6.07) is 8.86. The predicted molar refractivity (Wildman–Crippen MR) is 153 cm³/mol. The first-order valence-electron chi connectivity index (χ1n) is 14.1. The smallest absolute Gasteiger partial charge is 0.409 e. The lowest BCUT2D eigenvalue weighted by atomic mass is 10.1. The van der Waals surface area contributed by atoms with Crippen molar-refractivity contribution in [3.05, 3.63) is 42.1 Å². The van der Waals surface area contributed by atoms with Crippen molar-refractivity contribution in [3.8, 4) is 11.6 Å². The largest absolute Gasteiger partial charge is 0.479 e. The van der Waals surface area contributed by atoms with Crippen LogP contribution in [0.5, 0.6) is 5.88 Å². The summed E-state index contributed by atoms with van der Waals surface area (Å²) < 4.78 is 17.3. The summed E-state index contributed by atoms with van der Waals surface area (Å²) in [5.74, 6) is -2.88. The molecule has 14 nitrogen and oxygen atoms in total. The van der Waals surface area contributed by atoms with E-state index in [0.717, 1.165) is 0 Å². The quantitative estimate of drug-likeness (QED) is 0.364. The zero-order valence-electron chi connectivity index (χ0n) is 25.1. The number of aliphatic carboxylic acids is 1. The first kappa shape index (κ1) is 32.9. The van der Waals surface area contributed by atoms with Gasteiger partial charge in [-0.25, -0.2) is 14.3 Å². The second kappa shape index (κ2) is 14.5. The van der Waals surface area contributed by atoms with Gasteiger partial charge in [-0.1, -0.05) is 18.2 Å². The highest BCUT2D eigenvalue weighted by molar-refractivity contribution is 5.96. The van der Waals surface area contributed by atoms with Gasteiger partial charge in [0.2, 0.25) is 11.8 Å². The van der Waals surface area contributed by atoms with Gasteiger partial charge in [0.25, 0.3) is 5.91 Å². The van der Waals surface area contributed by atoms with E-state index in [-0.39, 0.29) is 57.2 Å². The Morgan fingerprint density at radius 3 is 2.23 bits per heavy atom. The summed E-state index contributed by atoms with van der Waals surface area (Å²) in [5, 5.41) is 16.3. The first-order valence-corrected chi connectivity index (χ1v) is 14.1. The second-order valence-electron chi connectivity index (χ2n) is 10.9. The molecule has 0 radical (unpaired) electrons. The fourth-order valence-electron chi connectivity index (χ4n) is 4.23. The van der Waals surface area contributed by atoms with E-state index in [2.05, 4.69) is 10.4 Å². The minimum atomic E-state index is -1.23. The van der Waals surface area contributed by atoms with Crippen LogP contribution in [0, 0.1) is 0 Å². The zero-order chi connectivity index (χ0) is 31.7. The Morgan fingerprint density at radius 2 is 1.65 bits per heavy atom. The van der Waals surface area contributed by atoms with Gasteiger partial charge in [0.15, 0.2) is 11.8 Å². The molecule has 1 unspecified atom stereocenters. The summed E-state index contributed by atoms with van der Waals surface area (Å²) in [6.45, 7) is 9.40. The van der Waals surface area contributed by atoms with Crippen LogP contribution in [-0.2, 0) is 23.9 Å². The summed E-state index contributed by atoms with van der Waals surface area (Å²) in [7, 11) is 0. The minimum absolute atomic E-state index is 0.0120. The maximum Gasteiger partial charge on any atom is 0.409 e. The third-order valence-corrected chi connectivity index (χ3v) is 6.33. The Hall–Kier alpha value is -4.62. The van der Waals surface area contributed by atoms with Crippen molar-refractivity contribution in [1.29, 1.82) is 0 Å². The van der Waals surface area contributed by atoms with Gasteiger partial charge in [0, 0.05) is 38.7 Å². The average Bonchev–Trinajstić information content (AvgIpc) is 3.38. The third-order valence-electron chi connectivity index (χ3n) is 6.33. The maximum atomic E-state index is 13.6. The molecule has 3 amide bonds. The molecule has 0 bridgehead atoms. The molecule has 3 rings (SSSR count). The maximum absolute atomic E-state index is 13.6. The highest BCUT2D eigenvalue weighted by atomic mass is 16.6. The van der Waals surface area contributed by atoms with Gasteiger partial charge in [-0.3, -0.25) is 14.4 Å². The highest BCUT2D eigenvalue weighted by Gasteiger charge is 2.32. The summed E-state index contributed by atoms with van der Waals surface area (Å²) in [6.07, 6.45) is -1.88. The van der Waals surface area contributed by atoms with Crippen LogP contribution >= 0.6 is 0 Å². The van der Waals surface area contributed by atoms with Crippen molar-refractivity contribution in [2.45, 2.75) is 65.2 Å². The van der Waals surface area contributed by atoms with Crippen molar-refractivity contribution in [3.63, 3.8) is 0 Å². The molecule has 2 aromatic rings. The third kappa shape index (κ3) is 9.45. The first-order chi connectivity index (χ1) is 20.3. The molecule has 1 aromatic carbocycles. The number of carbonyl (C=O) groups is 5. The monoisotopic (exact) mass is 601 g/mol. The molecule has 43 heavy (non-hydrogen) atoms. The van der Waals surface area contributed by atoms with E-state index in [1.54, 1.807) is 58.0 Å². The number of esters is 1. The van der Waals surface area contributed by atoms with E-state index < -0.39 is 47.6 Å². The van der Waals surface area contributed by atoms with Crippen molar-refractivity contribution in [2.75, 3.05) is 32.8 Å². The number of carboxylic acids is 1. The number of benzene rings is 1. The van der Waals surface area contributed by atoms with Gasteiger partial charge in [-0.15, -0.1) is 0 Å². The van der Waals surface area contributed by atoms with Crippen LogP contribution in [0.1, 0.15) is 57.9 Å². The lowest BCUT2D eigenvalue weighted by molar-refractivity contribution is -0.155. The van der Waals surface area contributed by atoms with E-state index >= 15 is 0 Å². The Morgan fingerprint density at radius 1 is 1.02 bits per heavy atom. The van der Waals surface area contributed by atoms with Gasteiger partial charge in [0.05, 0.1) is 12.3 Å². The minimum Gasteiger partial charge on any atom is -0.479 e. The molecule has 1 saturated heterocycles. The average molecular weight is 602 g/mol. The van der Waals surface area contributed by atoms with Crippen LogP contribution in [0.25, 0.3) is 5.69 Å². The number of nitrogens with zero attached hydrogens (tertiary/aromatic N) is 4. The van der Waals surface area contributed by atoms with Crippen LogP contribution in [0.3, 0.4) is 0 Å². The zero-order valence-corrected chi connectivity index (χ0v) is 25.1. The van der Waals surface area contributed by atoms with Crippen LogP contribution in [0.4, 0.5) is 4.79 Å². The molecule has 1 fully saturated rings. The number of para-hydroxylation sites is 1. The second-order valence-corrected chi connectivity index (χ2v) is 10.9. The van der Waals surface area contributed by atoms with E-state index in [1.807, 2.05) is 0 Å². The SMILES string of the molecule is CCOC(=O)N1CCN(C(=O)C(CCC(=O)OC(C)(C)C)NC(=O)c2cc(O[C@H](C)C(=O)O)n(-c3ccccc3)n2)CC1. The molecule has 1 aliphatic heterocycles. The Balaban J connectivity index is 1.82. The van der Waals surface area contributed by atoms with Crippen LogP contribution in [0.15, 0.2) is 36.4 Å². The molecule has 0 saturated carbocycles. The molecular weight excluding hydrogens is 562 g/mol. The number of carboxylic acid groups (broad SMARTS) is 1. The van der Waals surface area contributed by atoms with E-state index in [9.17, 15) is 29.1 Å². The number of hydrogen-bond acceptors (Lipinski definition) is 9. The number of amides is 3. The van der Waals surface area contributed by atoms with Crippen molar-refractivity contribution in [1.82, 2.24) is 24.9 Å². The predicted octanol–water partition coefficient (Wildman–Crippen LogP) is 2.25. The summed E-state index contributed by atoms with van der Waals surface area (Å²) in [5.41, 5.74) is -0.332. The highest BCUT2D eigenvalue weighted by Crippen LogP contribution is 2.21. The topological polar surface area (TPSA) is 170 Å². The van der Waals surface area contributed by atoms with Crippen molar-refractivity contribution < 1.29 is 43.3 Å². The Kier molecular flexibility index (Phi) is 11.1. The molecule has 2 heterocycles. The summed E-state index contributed by atoms with van der Waals surface area (Å²) in [4.78, 5) is 66.0. The number of ether oxygens (including phenoxy) is 3. The van der Waals surface area contributed by atoms with Gasteiger partial charge in [-0.05, 0) is 53.2 Å². The normalized spacial score (nSPS) is 14.8. The van der Waals surface area contributed by atoms with Crippen molar-refractivity contribution in [2.24, 2.45) is 0 Å². The van der Waals surface area contributed by atoms with Crippen LogP contribution in [0.2, 0.25) is 0 Å².